The molecule has 2 aromatic rings. The second kappa shape index (κ2) is 5.17. The maximum atomic E-state index is 12.3. The molecule has 0 aromatic heterocycles. The molecule has 0 saturated heterocycles. The summed E-state index contributed by atoms with van der Waals surface area (Å²) in [5.74, 6) is -0.144. The molecule has 1 amide bonds. The molecule has 0 aliphatic carbocycles. The van der Waals surface area contributed by atoms with Crippen molar-refractivity contribution in [1.82, 2.24) is 0 Å². The molecule has 2 N–H and O–H groups in total. The highest BCUT2D eigenvalue weighted by atomic mass is 35.5. The smallest absolute Gasteiger partial charge is 0.255 e. The van der Waals surface area contributed by atoms with Crippen LogP contribution in [0.15, 0.2) is 36.4 Å². The Balaban J connectivity index is 1.84. The minimum Gasteiger partial charge on any atom is -0.384 e. The highest BCUT2D eigenvalue weighted by Gasteiger charge is 2.14. The Kier molecular flexibility index (Phi) is 3.36. The van der Waals surface area contributed by atoms with Crippen LogP contribution in [-0.2, 0) is 6.42 Å². The van der Waals surface area contributed by atoms with Crippen LogP contribution in [0.3, 0.4) is 0 Å². The van der Waals surface area contributed by atoms with Gasteiger partial charge in [-0.2, -0.15) is 0 Å². The van der Waals surface area contributed by atoms with E-state index in [-0.39, 0.29) is 5.91 Å². The first kappa shape index (κ1) is 13.0. The fourth-order valence-corrected chi connectivity index (χ4v) is 2.53. The molecule has 0 unspecified atom stereocenters. The Hall–Kier alpha value is -2.00. The molecule has 1 aliphatic heterocycles. The topological polar surface area (TPSA) is 41.1 Å². The van der Waals surface area contributed by atoms with Gasteiger partial charge in [0.1, 0.15) is 0 Å². The molecule has 0 saturated carbocycles. The van der Waals surface area contributed by atoms with Gasteiger partial charge in [0.2, 0.25) is 0 Å². The minimum absolute atomic E-state index is 0.144. The highest BCUT2D eigenvalue weighted by molar-refractivity contribution is 6.34. The van der Waals surface area contributed by atoms with E-state index in [1.807, 2.05) is 37.3 Å². The van der Waals surface area contributed by atoms with Crippen molar-refractivity contribution in [2.45, 2.75) is 13.3 Å². The van der Waals surface area contributed by atoms with E-state index in [1.54, 1.807) is 6.07 Å². The zero-order chi connectivity index (χ0) is 14.1. The summed E-state index contributed by atoms with van der Waals surface area (Å²) in [6.07, 6.45) is 1.01. The predicted molar refractivity (Wildman–Crippen MR) is 82.8 cm³/mol. The number of hydrogen-bond acceptors (Lipinski definition) is 2. The Bertz CT molecular complexity index is 682. The molecule has 102 valence electrons. The average molecular weight is 287 g/mol. The Morgan fingerprint density at radius 3 is 2.95 bits per heavy atom. The van der Waals surface area contributed by atoms with Crippen LogP contribution in [0, 0.1) is 6.92 Å². The highest BCUT2D eigenvalue weighted by Crippen LogP contribution is 2.26. The van der Waals surface area contributed by atoms with Gasteiger partial charge in [0.25, 0.3) is 5.91 Å². The number of aryl methyl sites for hydroxylation is 1. The fraction of sp³-hybridized carbons (Fsp3) is 0.188. The van der Waals surface area contributed by atoms with E-state index in [4.69, 9.17) is 11.6 Å². The van der Waals surface area contributed by atoms with E-state index in [9.17, 15) is 4.79 Å². The van der Waals surface area contributed by atoms with Gasteiger partial charge in [-0.1, -0.05) is 23.7 Å². The number of benzene rings is 2. The summed E-state index contributed by atoms with van der Waals surface area (Å²) in [6, 6.07) is 11.3. The third-order valence-corrected chi connectivity index (χ3v) is 3.78. The van der Waals surface area contributed by atoms with Gasteiger partial charge in [0, 0.05) is 17.8 Å². The lowest BCUT2D eigenvalue weighted by atomic mass is 10.1. The molecule has 0 spiro atoms. The summed E-state index contributed by atoms with van der Waals surface area (Å²) >= 11 is 6.09. The van der Waals surface area contributed by atoms with Gasteiger partial charge in [-0.05, 0) is 48.7 Å². The lowest BCUT2D eigenvalue weighted by Gasteiger charge is -2.09. The van der Waals surface area contributed by atoms with E-state index in [1.165, 1.54) is 5.56 Å². The summed E-state index contributed by atoms with van der Waals surface area (Å²) < 4.78 is 0. The zero-order valence-corrected chi connectivity index (χ0v) is 11.9. The fourth-order valence-electron chi connectivity index (χ4n) is 2.36. The van der Waals surface area contributed by atoms with Crippen LogP contribution in [0.4, 0.5) is 11.4 Å². The third kappa shape index (κ3) is 2.49. The van der Waals surface area contributed by atoms with Crippen LogP contribution in [0.5, 0.6) is 0 Å². The van der Waals surface area contributed by atoms with E-state index in [2.05, 4.69) is 10.6 Å². The van der Waals surface area contributed by atoms with E-state index in [0.717, 1.165) is 24.2 Å². The summed E-state index contributed by atoms with van der Waals surface area (Å²) in [6.45, 7) is 2.90. The van der Waals surface area contributed by atoms with Gasteiger partial charge in [-0.3, -0.25) is 4.79 Å². The normalized spacial score (nSPS) is 12.7. The number of carbonyl (C=O) groups excluding carboxylic acids is 1. The molecule has 3 rings (SSSR count). The molecule has 1 heterocycles. The molecule has 1 aliphatic rings. The molecular weight excluding hydrogens is 272 g/mol. The molecule has 0 atom stereocenters. The monoisotopic (exact) mass is 286 g/mol. The summed E-state index contributed by atoms with van der Waals surface area (Å²) in [7, 11) is 0. The first-order valence-corrected chi connectivity index (χ1v) is 6.95. The van der Waals surface area contributed by atoms with Crippen LogP contribution < -0.4 is 10.6 Å². The van der Waals surface area contributed by atoms with Crippen LogP contribution in [-0.4, -0.2) is 12.5 Å². The van der Waals surface area contributed by atoms with Crippen molar-refractivity contribution < 1.29 is 4.79 Å². The first-order valence-electron chi connectivity index (χ1n) is 6.58. The summed E-state index contributed by atoms with van der Waals surface area (Å²) in [5.41, 5.74) is 4.64. The number of rotatable bonds is 2. The number of anilines is 2. The van der Waals surface area contributed by atoms with E-state index >= 15 is 0 Å². The number of carbonyl (C=O) groups is 1. The van der Waals surface area contributed by atoms with Crippen molar-refractivity contribution in [3.63, 3.8) is 0 Å². The standard InChI is InChI=1S/C16H15ClN2O/c1-10-2-5-13(17)15(8-10)19-16(20)12-4-3-11-6-7-18-14(11)9-12/h2-5,8-9,18H,6-7H2,1H3,(H,19,20). The Labute approximate surface area is 123 Å². The van der Waals surface area contributed by atoms with E-state index < -0.39 is 0 Å². The lowest BCUT2D eigenvalue weighted by Crippen LogP contribution is -2.12. The second-order valence-electron chi connectivity index (χ2n) is 4.99. The maximum Gasteiger partial charge on any atom is 0.255 e. The minimum atomic E-state index is -0.144. The molecule has 0 bridgehead atoms. The van der Waals surface area contributed by atoms with Gasteiger partial charge < -0.3 is 10.6 Å². The summed E-state index contributed by atoms with van der Waals surface area (Å²) in [5, 5.41) is 6.68. The summed E-state index contributed by atoms with van der Waals surface area (Å²) in [4.78, 5) is 12.3. The van der Waals surface area contributed by atoms with Gasteiger partial charge in [-0.25, -0.2) is 0 Å². The van der Waals surface area contributed by atoms with Crippen molar-refractivity contribution in [3.05, 3.63) is 58.1 Å². The Morgan fingerprint density at radius 2 is 2.10 bits per heavy atom. The number of hydrogen-bond donors (Lipinski definition) is 2. The molecule has 3 nitrogen and oxygen atoms in total. The quantitative estimate of drug-likeness (QED) is 0.880. The van der Waals surface area contributed by atoms with Crippen molar-refractivity contribution >= 4 is 28.9 Å². The third-order valence-electron chi connectivity index (χ3n) is 3.45. The van der Waals surface area contributed by atoms with Crippen LogP contribution in [0.25, 0.3) is 0 Å². The van der Waals surface area contributed by atoms with Crippen molar-refractivity contribution in [1.29, 1.82) is 0 Å². The van der Waals surface area contributed by atoms with Gasteiger partial charge in [0.15, 0.2) is 0 Å². The van der Waals surface area contributed by atoms with Crippen LogP contribution >= 0.6 is 11.6 Å². The number of nitrogens with one attached hydrogen (secondary N) is 2. The SMILES string of the molecule is Cc1ccc(Cl)c(NC(=O)c2ccc3c(c2)NCC3)c1. The van der Waals surface area contributed by atoms with Gasteiger partial charge >= 0.3 is 0 Å². The first-order chi connectivity index (χ1) is 9.63. The number of fused-ring (bicyclic) bond motifs is 1. The molecule has 2 aromatic carbocycles. The molecular formula is C16H15ClN2O. The molecule has 20 heavy (non-hydrogen) atoms. The van der Waals surface area contributed by atoms with Gasteiger partial charge in [0.05, 0.1) is 10.7 Å². The van der Waals surface area contributed by atoms with Crippen molar-refractivity contribution in [2.75, 3.05) is 17.2 Å². The van der Waals surface area contributed by atoms with E-state index in [0.29, 0.717) is 16.3 Å². The zero-order valence-electron chi connectivity index (χ0n) is 11.2. The number of halogens is 1. The van der Waals surface area contributed by atoms with Crippen molar-refractivity contribution in [2.24, 2.45) is 0 Å². The lowest BCUT2D eigenvalue weighted by molar-refractivity contribution is 0.102. The molecule has 4 heteroatoms. The van der Waals surface area contributed by atoms with Crippen LogP contribution in [0.1, 0.15) is 21.5 Å². The average Bonchev–Trinajstić information content (AvgIpc) is 2.90. The number of amides is 1. The van der Waals surface area contributed by atoms with Crippen LogP contribution in [0.2, 0.25) is 5.02 Å². The molecule has 0 radical (unpaired) electrons. The molecule has 0 fully saturated rings. The largest absolute Gasteiger partial charge is 0.384 e. The second-order valence-corrected chi connectivity index (χ2v) is 5.39. The van der Waals surface area contributed by atoms with Crippen molar-refractivity contribution in [3.8, 4) is 0 Å². The maximum absolute atomic E-state index is 12.3. The van der Waals surface area contributed by atoms with Gasteiger partial charge in [-0.15, -0.1) is 0 Å². The predicted octanol–water partition coefficient (Wildman–Crippen LogP) is 3.87. The Morgan fingerprint density at radius 1 is 1.25 bits per heavy atom.